The van der Waals surface area contributed by atoms with E-state index < -0.39 is 0 Å². The molecule has 3 rings (SSSR count). The molecule has 118 valence electrons. The maximum absolute atomic E-state index is 9.31. The van der Waals surface area contributed by atoms with Gasteiger partial charge in [-0.15, -0.1) is 11.3 Å². The van der Waals surface area contributed by atoms with Gasteiger partial charge in [-0.05, 0) is 39.2 Å². The van der Waals surface area contributed by atoms with Gasteiger partial charge in [0.25, 0.3) is 0 Å². The van der Waals surface area contributed by atoms with Crippen LogP contribution in [0.25, 0.3) is 10.6 Å². The molecule has 0 amide bonds. The van der Waals surface area contributed by atoms with Gasteiger partial charge in [-0.2, -0.15) is 0 Å². The van der Waals surface area contributed by atoms with E-state index in [0.717, 1.165) is 30.9 Å². The summed E-state index contributed by atoms with van der Waals surface area (Å²) < 4.78 is 0. The summed E-state index contributed by atoms with van der Waals surface area (Å²) in [6.45, 7) is 6.75. The van der Waals surface area contributed by atoms with Gasteiger partial charge in [0, 0.05) is 35.8 Å². The van der Waals surface area contributed by atoms with E-state index in [-0.39, 0.29) is 0 Å². The van der Waals surface area contributed by atoms with E-state index >= 15 is 0 Å². The zero-order valence-corrected chi connectivity index (χ0v) is 14.1. The molecule has 1 aliphatic heterocycles. The van der Waals surface area contributed by atoms with Gasteiger partial charge >= 0.3 is 0 Å². The molecule has 1 aromatic carbocycles. The fourth-order valence-corrected chi connectivity index (χ4v) is 4.07. The van der Waals surface area contributed by atoms with E-state index in [4.69, 9.17) is 0 Å². The molecular formula is C18H24N2OS. The first-order valence-corrected chi connectivity index (χ1v) is 8.84. The van der Waals surface area contributed by atoms with E-state index in [1.807, 2.05) is 6.20 Å². The lowest BCUT2D eigenvalue weighted by molar-refractivity contribution is 0.0846. The molecule has 1 fully saturated rings. The second kappa shape index (κ2) is 6.90. The Hall–Kier alpha value is -1.23. The van der Waals surface area contributed by atoms with Crippen molar-refractivity contribution >= 4 is 11.3 Å². The quantitative estimate of drug-likeness (QED) is 0.934. The minimum absolute atomic E-state index is 0.330. The maximum atomic E-state index is 9.31. The summed E-state index contributed by atoms with van der Waals surface area (Å²) in [4.78, 5) is 8.43. The molecule has 0 aliphatic carbocycles. The van der Waals surface area contributed by atoms with Crippen molar-refractivity contribution in [1.29, 1.82) is 0 Å². The van der Waals surface area contributed by atoms with Crippen molar-refractivity contribution in [2.75, 3.05) is 13.2 Å². The number of nitrogens with zero attached hydrogens (tertiary/aromatic N) is 2. The molecule has 4 heteroatoms. The Bertz CT molecular complexity index is 608. The molecule has 0 saturated carbocycles. The summed E-state index contributed by atoms with van der Waals surface area (Å²) in [5.41, 5.74) is 2.48. The van der Waals surface area contributed by atoms with Gasteiger partial charge in [-0.1, -0.05) is 29.8 Å². The van der Waals surface area contributed by atoms with Gasteiger partial charge in [0.15, 0.2) is 0 Å². The smallest absolute Gasteiger partial charge is 0.123 e. The summed E-state index contributed by atoms with van der Waals surface area (Å²) >= 11 is 1.79. The third-order valence-electron chi connectivity index (χ3n) is 4.59. The molecule has 1 saturated heterocycles. The van der Waals surface area contributed by atoms with Crippen LogP contribution in [0.15, 0.2) is 30.5 Å². The molecular weight excluding hydrogens is 292 g/mol. The van der Waals surface area contributed by atoms with Crippen molar-refractivity contribution < 1.29 is 5.11 Å². The molecule has 0 radical (unpaired) electrons. The number of rotatable bonds is 4. The van der Waals surface area contributed by atoms with Crippen molar-refractivity contribution in [1.82, 2.24) is 9.88 Å². The molecule has 1 aromatic heterocycles. The van der Waals surface area contributed by atoms with Crippen molar-refractivity contribution in [2.45, 2.75) is 39.3 Å². The summed E-state index contributed by atoms with van der Waals surface area (Å²) in [6, 6.07) is 9.10. The lowest BCUT2D eigenvalue weighted by atomic mass is 9.92. The highest BCUT2D eigenvalue weighted by atomic mass is 32.1. The number of aliphatic hydroxyl groups excluding tert-OH is 1. The lowest BCUT2D eigenvalue weighted by Crippen LogP contribution is -2.40. The number of thiazole rings is 1. The van der Waals surface area contributed by atoms with Crippen LogP contribution < -0.4 is 0 Å². The van der Waals surface area contributed by atoms with Crippen molar-refractivity contribution in [3.05, 3.63) is 40.9 Å². The molecule has 3 nitrogen and oxygen atoms in total. The minimum Gasteiger partial charge on any atom is -0.396 e. The summed E-state index contributed by atoms with van der Waals surface area (Å²) in [6.07, 6.45) is 4.22. The normalized spacial score (nSPS) is 22.9. The second-order valence-electron chi connectivity index (χ2n) is 6.39. The SMILES string of the molecule is Cc1ccc(-c2ncc(CN3CC[C@H](CO)C[C@@H]3C)s2)cc1. The highest BCUT2D eigenvalue weighted by molar-refractivity contribution is 7.15. The molecule has 2 heterocycles. The van der Waals surface area contributed by atoms with Gasteiger partial charge in [-0.3, -0.25) is 4.90 Å². The first kappa shape index (κ1) is 15.7. The Morgan fingerprint density at radius 3 is 2.77 bits per heavy atom. The van der Waals surface area contributed by atoms with Gasteiger partial charge in [-0.25, -0.2) is 4.98 Å². The third-order valence-corrected chi connectivity index (χ3v) is 5.62. The van der Waals surface area contributed by atoms with Crippen molar-refractivity contribution in [3.8, 4) is 10.6 Å². The molecule has 2 aromatic rings. The molecule has 1 N–H and O–H groups in total. The second-order valence-corrected chi connectivity index (χ2v) is 7.51. The maximum Gasteiger partial charge on any atom is 0.123 e. The zero-order chi connectivity index (χ0) is 15.5. The van der Waals surface area contributed by atoms with Gasteiger partial charge in [0.1, 0.15) is 5.01 Å². The van der Waals surface area contributed by atoms with Crippen LogP contribution in [0.2, 0.25) is 0 Å². The third kappa shape index (κ3) is 3.57. The lowest BCUT2D eigenvalue weighted by Gasteiger charge is -2.36. The van der Waals surface area contributed by atoms with E-state index in [1.54, 1.807) is 11.3 Å². The predicted octanol–water partition coefficient (Wildman–Crippen LogP) is 3.71. The van der Waals surface area contributed by atoms with E-state index in [1.165, 1.54) is 16.0 Å². The molecule has 1 aliphatic rings. The van der Waals surface area contributed by atoms with Crippen molar-refractivity contribution in [3.63, 3.8) is 0 Å². The van der Waals surface area contributed by atoms with Crippen molar-refractivity contribution in [2.24, 2.45) is 5.92 Å². The Balaban J connectivity index is 1.66. The van der Waals surface area contributed by atoms with Crippen LogP contribution in [0.5, 0.6) is 0 Å². The van der Waals surface area contributed by atoms with Crippen LogP contribution in [0.3, 0.4) is 0 Å². The number of hydrogen-bond donors (Lipinski definition) is 1. The largest absolute Gasteiger partial charge is 0.396 e. The van der Waals surface area contributed by atoms with Crippen LogP contribution in [0.1, 0.15) is 30.2 Å². The van der Waals surface area contributed by atoms with Crippen LogP contribution >= 0.6 is 11.3 Å². The Labute approximate surface area is 136 Å². The number of likely N-dealkylation sites (tertiary alicyclic amines) is 1. The van der Waals surface area contributed by atoms with E-state index in [2.05, 4.69) is 48.0 Å². The number of aliphatic hydroxyl groups is 1. The number of aryl methyl sites for hydroxylation is 1. The van der Waals surface area contributed by atoms with E-state index in [0.29, 0.717) is 18.6 Å². The fourth-order valence-electron chi connectivity index (χ4n) is 3.13. The average Bonchev–Trinajstić information content (AvgIpc) is 2.98. The van der Waals surface area contributed by atoms with Gasteiger partial charge in [0.2, 0.25) is 0 Å². The van der Waals surface area contributed by atoms with E-state index in [9.17, 15) is 5.11 Å². The summed E-state index contributed by atoms with van der Waals surface area (Å²) in [5, 5.41) is 10.4. The zero-order valence-electron chi connectivity index (χ0n) is 13.3. The summed E-state index contributed by atoms with van der Waals surface area (Å²) in [7, 11) is 0. The minimum atomic E-state index is 0.330. The standard InChI is InChI=1S/C18H24N2OS/c1-13-3-5-16(6-4-13)18-19-10-17(22-18)11-20-8-7-15(12-21)9-14(20)2/h3-6,10,14-15,21H,7-9,11-12H2,1-2H3/t14-,15-/m0/s1. The monoisotopic (exact) mass is 316 g/mol. The number of piperidine rings is 1. The Morgan fingerprint density at radius 2 is 2.09 bits per heavy atom. The number of aromatic nitrogens is 1. The van der Waals surface area contributed by atoms with Crippen LogP contribution in [0.4, 0.5) is 0 Å². The molecule has 2 atom stereocenters. The number of hydrogen-bond acceptors (Lipinski definition) is 4. The molecule has 0 bridgehead atoms. The Morgan fingerprint density at radius 1 is 1.32 bits per heavy atom. The van der Waals surface area contributed by atoms with Crippen LogP contribution in [0, 0.1) is 12.8 Å². The van der Waals surface area contributed by atoms with Crippen LogP contribution in [-0.2, 0) is 6.54 Å². The molecule has 22 heavy (non-hydrogen) atoms. The summed E-state index contributed by atoms with van der Waals surface area (Å²) in [5.74, 6) is 0.482. The average molecular weight is 316 g/mol. The Kier molecular flexibility index (Phi) is 4.91. The molecule has 0 unspecified atom stereocenters. The predicted molar refractivity (Wildman–Crippen MR) is 92.0 cm³/mol. The first-order valence-electron chi connectivity index (χ1n) is 8.02. The first-order chi connectivity index (χ1) is 10.7. The van der Waals surface area contributed by atoms with Crippen LogP contribution in [-0.4, -0.2) is 34.2 Å². The van der Waals surface area contributed by atoms with Gasteiger partial charge < -0.3 is 5.11 Å². The molecule has 0 spiro atoms. The fraction of sp³-hybridized carbons (Fsp3) is 0.500. The van der Waals surface area contributed by atoms with Gasteiger partial charge in [0.05, 0.1) is 0 Å². The highest BCUT2D eigenvalue weighted by Crippen LogP contribution is 2.29. The highest BCUT2D eigenvalue weighted by Gasteiger charge is 2.25. The topological polar surface area (TPSA) is 36.4 Å². The number of benzene rings is 1.